The lowest BCUT2D eigenvalue weighted by Crippen LogP contribution is -2.15. The predicted molar refractivity (Wildman–Crippen MR) is 36.7 cm³/mol. The molecule has 0 spiro atoms. The lowest BCUT2D eigenvalue weighted by molar-refractivity contribution is -0.110. The topological polar surface area (TPSA) is 29.6 Å². The summed E-state index contributed by atoms with van der Waals surface area (Å²) in [6.07, 6.45) is 5.78. The molecule has 1 heterocycles. The van der Waals surface area contributed by atoms with Crippen LogP contribution in [0.15, 0.2) is 23.3 Å². The molecule has 0 amide bonds. The molecule has 0 bridgehead atoms. The number of epoxide rings is 1. The summed E-state index contributed by atoms with van der Waals surface area (Å²) >= 11 is 5.70. The van der Waals surface area contributed by atoms with Crippen LogP contribution in [-0.4, -0.2) is 18.0 Å². The van der Waals surface area contributed by atoms with E-state index in [-0.39, 0.29) is 6.10 Å². The van der Waals surface area contributed by atoms with E-state index in [1.807, 2.05) is 0 Å². The number of rotatable bonds is 1. The molecule has 3 heteroatoms. The Kier molecular flexibility index (Phi) is 1.05. The minimum Gasteiger partial charge on any atom is -0.347 e. The first-order valence-corrected chi connectivity index (χ1v) is 3.35. The molecule has 0 aromatic carbocycles. The Hall–Kier alpha value is -0.600. The van der Waals surface area contributed by atoms with Crippen molar-refractivity contribution in [3.63, 3.8) is 0 Å². The van der Waals surface area contributed by atoms with Gasteiger partial charge in [0.2, 0.25) is 0 Å². The van der Waals surface area contributed by atoms with Crippen LogP contribution in [0.1, 0.15) is 0 Å². The minimum atomic E-state index is -0.703. The molecule has 1 saturated heterocycles. The van der Waals surface area contributed by atoms with Gasteiger partial charge in [-0.3, -0.25) is 4.79 Å². The Balaban J connectivity index is 2.34. The van der Waals surface area contributed by atoms with Crippen LogP contribution in [0.25, 0.3) is 0 Å². The second-order valence-electron chi connectivity index (χ2n) is 2.38. The third-order valence-corrected chi connectivity index (χ3v) is 2.05. The van der Waals surface area contributed by atoms with Crippen molar-refractivity contribution < 1.29 is 9.53 Å². The normalized spacial score (nSPS) is 42.1. The molecule has 1 fully saturated rings. The molecule has 2 rings (SSSR count). The summed E-state index contributed by atoms with van der Waals surface area (Å²) < 4.78 is 5.07. The second kappa shape index (κ2) is 1.71. The van der Waals surface area contributed by atoms with E-state index >= 15 is 0 Å². The van der Waals surface area contributed by atoms with E-state index in [1.54, 1.807) is 18.2 Å². The van der Waals surface area contributed by atoms with Crippen molar-refractivity contribution in [3.8, 4) is 0 Å². The molecule has 52 valence electrons. The smallest absolute Gasteiger partial charge is 0.173 e. The van der Waals surface area contributed by atoms with Crippen LogP contribution >= 0.6 is 11.6 Å². The van der Waals surface area contributed by atoms with Gasteiger partial charge in [-0.15, -0.1) is 0 Å². The largest absolute Gasteiger partial charge is 0.347 e. The Morgan fingerprint density at radius 3 is 3.20 bits per heavy atom. The van der Waals surface area contributed by atoms with E-state index < -0.39 is 5.60 Å². The van der Waals surface area contributed by atoms with Crippen molar-refractivity contribution in [2.45, 2.75) is 11.7 Å². The number of allylic oxidation sites excluding steroid dienone is 2. The van der Waals surface area contributed by atoms with Gasteiger partial charge in [0.25, 0.3) is 0 Å². The highest BCUT2D eigenvalue weighted by atomic mass is 35.5. The summed E-state index contributed by atoms with van der Waals surface area (Å²) in [5.41, 5.74) is -0.703. The lowest BCUT2D eigenvalue weighted by atomic mass is 10.0. The first-order valence-electron chi connectivity index (χ1n) is 2.97. The van der Waals surface area contributed by atoms with Gasteiger partial charge in [-0.2, -0.15) is 0 Å². The zero-order chi connectivity index (χ0) is 7.19. The van der Waals surface area contributed by atoms with Crippen molar-refractivity contribution in [2.24, 2.45) is 0 Å². The number of hydrogen-bond donors (Lipinski definition) is 0. The maximum Gasteiger partial charge on any atom is 0.173 e. The van der Waals surface area contributed by atoms with Gasteiger partial charge in [-0.1, -0.05) is 17.7 Å². The maximum absolute atomic E-state index is 10.4. The van der Waals surface area contributed by atoms with E-state index in [4.69, 9.17) is 16.3 Å². The monoisotopic (exact) mass is 156 g/mol. The van der Waals surface area contributed by atoms with Crippen molar-refractivity contribution in [1.29, 1.82) is 0 Å². The van der Waals surface area contributed by atoms with Crippen LogP contribution < -0.4 is 0 Å². The van der Waals surface area contributed by atoms with Gasteiger partial charge < -0.3 is 4.74 Å². The van der Waals surface area contributed by atoms with Gasteiger partial charge in [0.15, 0.2) is 11.9 Å². The summed E-state index contributed by atoms with van der Waals surface area (Å²) in [4.78, 5) is 10.4. The number of fused-ring (bicyclic) bond motifs is 1. The van der Waals surface area contributed by atoms with E-state index in [9.17, 15) is 4.79 Å². The Morgan fingerprint density at radius 2 is 2.60 bits per heavy atom. The molecule has 10 heavy (non-hydrogen) atoms. The summed E-state index contributed by atoms with van der Waals surface area (Å²) in [5.74, 6) is 0. The van der Waals surface area contributed by atoms with Crippen molar-refractivity contribution >= 4 is 17.9 Å². The molecule has 2 nitrogen and oxygen atoms in total. The first-order chi connectivity index (χ1) is 4.78. The highest BCUT2D eigenvalue weighted by Gasteiger charge is 2.57. The molecular formula is C7H5ClO2. The fraction of sp³-hybridized carbons (Fsp3) is 0.286. The van der Waals surface area contributed by atoms with Gasteiger partial charge in [-0.05, 0) is 12.2 Å². The SMILES string of the molecule is O=CC12C=CC=C(Cl)C1O2. The summed E-state index contributed by atoms with van der Waals surface area (Å²) in [5, 5.41) is 0.606. The quantitative estimate of drug-likeness (QED) is 0.419. The third kappa shape index (κ3) is 0.604. The molecule has 0 N–H and O–H groups in total. The molecule has 0 radical (unpaired) electrons. The number of aldehydes is 1. The van der Waals surface area contributed by atoms with Crippen molar-refractivity contribution in [3.05, 3.63) is 23.3 Å². The molecule has 1 aliphatic carbocycles. The molecule has 0 aromatic heterocycles. The Morgan fingerprint density at radius 1 is 1.80 bits per heavy atom. The average molecular weight is 157 g/mol. The highest BCUT2D eigenvalue weighted by molar-refractivity contribution is 6.31. The van der Waals surface area contributed by atoms with Gasteiger partial charge >= 0.3 is 0 Å². The van der Waals surface area contributed by atoms with Gasteiger partial charge in [0.05, 0.1) is 5.03 Å². The van der Waals surface area contributed by atoms with Crippen LogP contribution in [0.4, 0.5) is 0 Å². The Labute approximate surface area is 63.1 Å². The molecule has 2 aliphatic rings. The molecular weight excluding hydrogens is 152 g/mol. The van der Waals surface area contributed by atoms with Crippen LogP contribution in [0.3, 0.4) is 0 Å². The first kappa shape index (κ1) is 6.13. The molecule has 2 unspecified atom stereocenters. The van der Waals surface area contributed by atoms with E-state index in [0.717, 1.165) is 6.29 Å². The van der Waals surface area contributed by atoms with Crippen molar-refractivity contribution in [1.82, 2.24) is 0 Å². The fourth-order valence-corrected chi connectivity index (χ4v) is 1.36. The lowest BCUT2D eigenvalue weighted by Gasteiger charge is -1.99. The number of ether oxygens (including phenoxy) is 1. The van der Waals surface area contributed by atoms with Crippen molar-refractivity contribution in [2.75, 3.05) is 0 Å². The fourth-order valence-electron chi connectivity index (χ4n) is 1.08. The van der Waals surface area contributed by atoms with Crippen LogP contribution in [0.5, 0.6) is 0 Å². The van der Waals surface area contributed by atoms with Crippen LogP contribution in [-0.2, 0) is 9.53 Å². The number of halogens is 1. The van der Waals surface area contributed by atoms with Gasteiger partial charge in [0.1, 0.15) is 6.10 Å². The summed E-state index contributed by atoms with van der Waals surface area (Å²) in [7, 11) is 0. The summed E-state index contributed by atoms with van der Waals surface area (Å²) in [6.45, 7) is 0. The molecule has 0 aromatic rings. The van der Waals surface area contributed by atoms with Crippen LogP contribution in [0, 0.1) is 0 Å². The number of carbonyl (C=O) groups excluding carboxylic acids is 1. The third-order valence-electron chi connectivity index (χ3n) is 1.72. The van der Waals surface area contributed by atoms with E-state index in [0.29, 0.717) is 5.03 Å². The number of hydrogen-bond acceptors (Lipinski definition) is 2. The minimum absolute atomic E-state index is 0.198. The zero-order valence-electron chi connectivity index (χ0n) is 5.08. The molecule has 1 aliphatic heterocycles. The maximum atomic E-state index is 10.4. The van der Waals surface area contributed by atoms with Crippen LogP contribution in [0.2, 0.25) is 0 Å². The summed E-state index contributed by atoms with van der Waals surface area (Å²) in [6, 6.07) is 0. The predicted octanol–water partition coefficient (Wildman–Crippen LogP) is 1.02. The molecule has 2 atom stereocenters. The zero-order valence-corrected chi connectivity index (χ0v) is 5.84. The van der Waals surface area contributed by atoms with E-state index in [2.05, 4.69) is 0 Å². The molecule has 0 saturated carbocycles. The Bertz CT molecular complexity index is 244. The second-order valence-corrected chi connectivity index (χ2v) is 2.82. The van der Waals surface area contributed by atoms with Gasteiger partial charge in [-0.25, -0.2) is 0 Å². The van der Waals surface area contributed by atoms with Gasteiger partial charge in [0, 0.05) is 0 Å². The number of carbonyl (C=O) groups is 1. The van der Waals surface area contributed by atoms with E-state index in [1.165, 1.54) is 0 Å². The average Bonchev–Trinajstić information content (AvgIpc) is 2.65. The standard InChI is InChI=1S/C7H5ClO2/c8-5-2-1-3-7(4-9)6(5)10-7/h1-4,6H. The highest BCUT2D eigenvalue weighted by Crippen LogP contribution is 2.44.